The SMILES string of the molecule is CC(O[Si](C)(c1ccc(F)cc1)c1ccc(F)cc1)c1ccccc1Br. The van der Waals surface area contributed by atoms with E-state index in [2.05, 4.69) is 22.5 Å². The molecule has 1 unspecified atom stereocenters. The molecule has 0 bridgehead atoms. The van der Waals surface area contributed by atoms with Crippen molar-refractivity contribution in [1.29, 1.82) is 0 Å². The van der Waals surface area contributed by atoms with Crippen molar-refractivity contribution < 1.29 is 13.2 Å². The molecule has 0 aliphatic carbocycles. The Hall–Kier alpha value is -1.82. The van der Waals surface area contributed by atoms with Gasteiger partial charge >= 0.3 is 0 Å². The van der Waals surface area contributed by atoms with Crippen molar-refractivity contribution in [3.63, 3.8) is 0 Å². The third-order valence-corrected chi connectivity index (χ3v) is 8.96. The molecular weight excluding hydrogens is 414 g/mol. The van der Waals surface area contributed by atoms with E-state index in [9.17, 15) is 8.78 Å². The van der Waals surface area contributed by atoms with Gasteiger partial charge in [0.2, 0.25) is 0 Å². The van der Waals surface area contributed by atoms with E-state index >= 15 is 0 Å². The minimum atomic E-state index is -2.67. The second kappa shape index (κ2) is 7.82. The molecule has 0 aromatic heterocycles. The molecule has 26 heavy (non-hydrogen) atoms. The molecule has 5 heteroatoms. The van der Waals surface area contributed by atoms with Crippen molar-refractivity contribution in [2.75, 3.05) is 0 Å². The van der Waals surface area contributed by atoms with Gasteiger partial charge in [-0.15, -0.1) is 0 Å². The maximum absolute atomic E-state index is 13.4. The van der Waals surface area contributed by atoms with E-state index in [-0.39, 0.29) is 17.7 Å². The summed E-state index contributed by atoms with van der Waals surface area (Å²) in [7, 11) is -2.67. The standard InChI is InChI=1S/C21H19BrF2OSi/c1-15(20-5-3-4-6-21(20)22)25-26(2,18-11-7-16(23)8-12-18)19-13-9-17(24)10-14-19/h3-15H,1-2H3. The van der Waals surface area contributed by atoms with Crippen molar-refractivity contribution in [3.8, 4) is 0 Å². The molecule has 1 nitrogen and oxygen atoms in total. The Balaban J connectivity index is 2.04. The van der Waals surface area contributed by atoms with Crippen LogP contribution in [0.4, 0.5) is 8.78 Å². The summed E-state index contributed by atoms with van der Waals surface area (Å²) in [5.74, 6) is -0.578. The molecule has 0 aliphatic heterocycles. The third-order valence-electron chi connectivity index (χ3n) is 4.55. The van der Waals surface area contributed by atoms with Gasteiger partial charge in [-0.3, -0.25) is 0 Å². The summed E-state index contributed by atoms with van der Waals surface area (Å²) in [6.45, 7) is 4.05. The quantitative estimate of drug-likeness (QED) is 0.503. The zero-order valence-electron chi connectivity index (χ0n) is 14.5. The second-order valence-electron chi connectivity index (χ2n) is 6.33. The smallest absolute Gasteiger partial charge is 0.253 e. The van der Waals surface area contributed by atoms with Crippen LogP contribution in [0, 0.1) is 11.6 Å². The van der Waals surface area contributed by atoms with Crippen molar-refractivity contribution in [2.45, 2.75) is 19.6 Å². The summed E-state index contributed by atoms with van der Waals surface area (Å²) in [6, 6.07) is 20.7. The van der Waals surface area contributed by atoms with Gasteiger partial charge in [-0.25, -0.2) is 8.78 Å². The Bertz CT molecular complexity index is 836. The lowest BCUT2D eigenvalue weighted by atomic mass is 10.1. The monoisotopic (exact) mass is 432 g/mol. The molecule has 3 aromatic carbocycles. The molecule has 0 amide bonds. The molecule has 0 radical (unpaired) electrons. The first-order valence-electron chi connectivity index (χ1n) is 8.34. The molecule has 0 saturated carbocycles. The van der Waals surface area contributed by atoms with Crippen molar-refractivity contribution in [2.24, 2.45) is 0 Å². The molecule has 0 spiro atoms. The third kappa shape index (κ3) is 3.95. The zero-order valence-corrected chi connectivity index (χ0v) is 17.1. The lowest BCUT2D eigenvalue weighted by molar-refractivity contribution is 0.225. The number of hydrogen-bond acceptors (Lipinski definition) is 1. The molecule has 0 aliphatic rings. The first-order chi connectivity index (χ1) is 12.4. The summed E-state index contributed by atoms with van der Waals surface area (Å²) >= 11 is 3.57. The molecule has 0 heterocycles. The van der Waals surface area contributed by atoms with Crippen molar-refractivity contribution >= 4 is 34.6 Å². The number of rotatable bonds is 5. The Labute approximate surface area is 161 Å². The highest BCUT2D eigenvalue weighted by Crippen LogP contribution is 2.28. The van der Waals surface area contributed by atoms with Crippen LogP contribution in [0.25, 0.3) is 0 Å². The van der Waals surface area contributed by atoms with Gasteiger partial charge in [-0.2, -0.15) is 0 Å². The maximum Gasteiger partial charge on any atom is 0.253 e. The number of halogens is 3. The normalized spacial score (nSPS) is 12.8. The van der Waals surface area contributed by atoms with Crippen LogP contribution in [-0.4, -0.2) is 8.32 Å². The fourth-order valence-corrected chi connectivity index (χ4v) is 6.71. The summed E-state index contributed by atoms with van der Waals surface area (Å²) in [6.07, 6.45) is -0.183. The van der Waals surface area contributed by atoms with Crippen LogP contribution < -0.4 is 10.4 Å². The highest BCUT2D eigenvalue weighted by Gasteiger charge is 2.36. The fraction of sp³-hybridized carbons (Fsp3) is 0.143. The molecule has 3 aromatic rings. The minimum Gasteiger partial charge on any atom is -0.402 e. The average molecular weight is 433 g/mol. The van der Waals surface area contributed by atoms with Crippen LogP contribution >= 0.6 is 15.9 Å². The predicted octanol–water partition coefficient (Wildman–Crippen LogP) is 5.19. The van der Waals surface area contributed by atoms with Gasteiger partial charge in [0.1, 0.15) is 11.6 Å². The lowest BCUT2D eigenvalue weighted by Crippen LogP contribution is -2.58. The van der Waals surface area contributed by atoms with Crippen LogP contribution in [0.5, 0.6) is 0 Å². The van der Waals surface area contributed by atoms with Crippen molar-refractivity contribution in [3.05, 3.63) is 94.5 Å². The van der Waals surface area contributed by atoms with Gasteiger partial charge in [0, 0.05) is 4.47 Å². The maximum atomic E-state index is 13.4. The van der Waals surface area contributed by atoms with Gasteiger partial charge < -0.3 is 4.43 Å². The summed E-state index contributed by atoms with van der Waals surface area (Å²) in [5.41, 5.74) is 1.04. The van der Waals surface area contributed by atoms with E-state index in [4.69, 9.17) is 4.43 Å². The largest absolute Gasteiger partial charge is 0.402 e. The molecule has 3 rings (SSSR count). The molecule has 0 saturated heterocycles. The Morgan fingerprint density at radius 2 is 1.27 bits per heavy atom. The Morgan fingerprint density at radius 1 is 0.808 bits per heavy atom. The molecular formula is C21H19BrF2OSi. The van der Waals surface area contributed by atoms with E-state index in [1.807, 2.05) is 31.2 Å². The van der Waals surface area contributed by atoms with Crippen LogP contribution in [-0.2, 0) is 4.43 Å². The molecule has 0 fully saturated rings. The van der Waals surface area contributed by atoms with E-state index in [1.54, 1.807) is 24.3 Å². The van der Waals surface area contributed by atoms with Crippen LogP contribution in [0.15, 0.2) is 77.3 Å². The predicted molar refractivity (Wildman–Crippen MR) is 107 cm³/mol. The summed E-state index contributed by atoms with van der Waals surface area (Å²) in [5, 5.41) is 1.87. The average Bonchev–Trinajstić information content (AvgIpc) is 2.63. The molecule has 1 atom stereocenters. The first-order valence-corrected chi connectivity index (χ1v) is 11.5. The Morgan fingerprint density at radius 3 is 1.73 bits per heavy atom. The highest BCUT2D eigenvalue weighted by atomic mass is 79.9. The van der Waals surface area contributed by atoms with Gasteiger partial charge in [0.25, 0.3) is 8.32 Å². The number of benzene rings is 3. The fourth-order valence-electron chi connectivity index (χ4n) is 3.06. The number of hydrogen-bond donors (Lipinski definition) is 0. The molecule has 134 valence electrons. The van der Waals surface area contributed by atoms with Gasteiger partial charge in [0.15, 0.2) is 0 Å². The minimum absolute atomic E-state index is 0.183. The van der Waals surface area contributed by atoms with Gasteiger partial charge in [0.05, 0.1) is 6.10 Å². The van der Waals surface area contributed by atoms with Crippen LogP contribution in [0.2, 0.25) is 6.55 Å². The second-order valence-corrected chi connectivity index (χ2v) is 10.6. The topological polar surface area (TPSA) is 9.23 Å². The molecule has 0 N–H and O–H groups in total. The van der Waals surface area contributed by atoms with E-state index in [1.165, 1.54) is 24.3 Å². The zero-order chi connectivity index (χ0) is 18.7. The van der Waals surface area contributed by atoms with Gasteiger partial charge in [-0.1, -0.05) is 58.4 Å². The van der Waals surface area contributed by atoms with Crippen LogP contribution in [0.1, 0.15) is 18.6 Å². The van der Waals surface area contributed by atoms with E-state index in [0.29, 0.717) is 0 Å². The summed E-state index contributed by atoms with van der Waals surface area (Å²) in [4.78, 5) is 0. The van der Waals surface area contributed by atoms with E-state index < -0.39 is 8.32 Å². The summed E-state index contributed by atoms with van der Waals surface area (Å²) < 4.78 is 34.5. The van der Waals surface area contributed by atoms with Crippen molar-refractivity contribution in [1.82, 2.24) is 0 Å². The van der Waals surface area contributed by atoms with E-state index in [0.717, 1.165) is 20.4 Å². The first kappa shape index (κ1) is 19.0. The highest BCUT2D eigenvalue weighted by molar-refractivity contribution is 9.10. The van der Waals surface area contributed by atoms with Gasteiger partial charge in [-0.05, 0) is 59.7 Å². The lowest BCUT2D eigenvalue weighted by Gasteiger charge is -2.32. The Kier molecular flexibility index (Phi) is 5.70. The van der Waals surface area contributed by atoms with Crippen LogP contribution in [0.3, 0.4) is 0 Å².